The smallest absolute Gasteiger partial charge is 0.322 e. The molecule has 1 aromatic heterocycles. The molecule has 1 fully saturated rings. The summed E-state index contributed by atoms with van der Waals surface area (Å²) >= 11 is 0. The Morgan fingerprint density at radius 2 is 2.03 bits per heavy atom. The number of H-pyrrole nitrogens is 1. The first-order valence-electron chi connectivity index (χ1n) is 11.0. The Balaban J connectivity index is 1.59. The number of anilines is 1. The van der Waals surface area contributed by atoms with Crippen molar-refractivity contribution in [3.63, 3.8) is 0 Å². The number of carbonyl (C=O) groups excluding carboxylic acids is 1. The van der Waals surface area contributed by atoms with E-state index < -0.39 is 0 Å². The first-order chi connectivity index (χ1) is 15.5. The van der Waals surface area contributed by atoms with Gasteiger partial charge in [-0.25, -0.2) is 4.79 Å². The minimum Gasteiger partial charge on any atom is -0.494 e. The third kappa shape index (κ3) is 5.29. The van der Waals surface area contributed by atoms with Crippen molar-refractivity contribution in [3.05, 3.63) is 70.0 Å². The van der Waals surface area contributed by atoms with Gasteiger partial charge in [0.25, 0.3) is 5.56 Å². The minimum atomic E-state index is -0.257. The Kier molecular flexibility index (Phi) is 6.75. The van der Waals surface area contributed by atoms with E-state index in [1.165, 1.54) is 0 Å². The summed E-state index contributed by atoms with van der Waals surface area (Å²) in [6.07, 6.45) is 1.86. The Hall–Kier alpha value is -3.32. The van der Waals surface area contributed by atoms with Gasteiger partial charge in [0.05, 0.1) is 19.3 Å². The molecule has 4 rings (SSSR count). The van der Waals surface area contributed by atoms with Gasteiger partial charge >= 0.3 is 6.03 Å². The summed E-state index contributed by atoms with van der Waals surface area (Å²) in [5.74, 6) is 0.742. The Morgan fingerprint density at radius 1 is 1.22 bits per heavy atom. The SMILES string of the molecule is CCOc1ccc2[nH]c(=O)c(CN(C[C@H]3CCCO3)C(=O)Nc3ccc(C)cc3)cc2c1. The van der Waals surface area contributed by atoms with Crippen LogP contribution in [0.4, 0.5) is 10.5 Å². The summed E-state index contributed by atoms with van der Waals surface area (Å²) in [7, 11) is 0. The van der Waals surface area contributed by atoms with E-state index in [1.54, 1.807) is 4.90 Å². The van der Waals surface area contributed by atoms with Gasteiger partial charge < -0.3 is 24.7 Å². The molecule has 0 spiro atoms. The number of aryl methyl sites for hydroxylation is 1. The van der Waals surface area contributed by atoms with Crippen LogP contribution < -0.4 is 15.6 Å². The number of pyridine rings is 1. The van der Waals surface area contributed by atoms with E-state index >= 15 is 0 Å². The van der Waals surface area contributed by atoms with E-state index in [1.807, 2.05) is 62.4 Å². The van der Waals surface area contributed by atoms with Crippen LogP contribution in [-0.4, -0.2) is 41.8 Å². The molecule has 1 aliphatic rings. The molecule has 0 unspecified atom stereocenters. The van der Waals surface area contributed by atoms with Gasteiger partial charge in [0.2, 0.25) is 0 Å². The fraction of sp³-hybridized carbons (Fsp3) is 0.360. The number of aromatic nitrogens is 1. The van der Waals surface area contributed by atoms with Crippen molar-refractivity contribution < 1.29 is 14.3 Å². The second-order valence-electron chi connectivity index (χ2n) is 8.12. The zero-order valence-corrected chi connectivity index (χ0v) is 18.5. The number of hydrogen-bond acceptors (Lipinski definition) is 4. The van der Waals surface area contributed by atoms with Crippen molar-refractivity contribution in [1.29, 1.82) is 0 Å². The monoisotopic (exact) mass is 435 g/mol. The van der Waals surface area contributed by atoms with Crippen LogP contribution >= 0.6 is 0 Å². The molecule has 7 nitrogen and oxygen atoms in total. The van der Waals surface area contributed by atoms with Gasteiger partial charge in [0, 0.05) is 35.3 Å². The lowest BCUT2D eigenvalue weighted by Gasteiger charge is -2.26. The summed E-state index contributed by atoms with van der Waals surface area (Å²) < 4.78 is 11.3. The van der Waals surface area contributed by atoms with E-state index in [-0.39, 0.29) is 24.2 Å². The maximum absolute atomic E-state index is 13.1. The lowest BCUT2D eigenvalue weighted by atomic mass is 10.1. The van der Waals surface area contributed by atoms with Crippen molar-refractivity contribution in [2.75, 3.05) is 25.1 Å². The molecule has 2 aromatic carbocycles. The van der Waals surface area contributed by atoms with Crippen LogP contribution in [-0.2, 0) is 11.3 Å². The van der Waals surface area contributed by atoms with Crippen molar-refractivity contribution >= 4 is 22.6 Å². The van der Waals surface area contributed by atoms with Crippen LogP contribution in [0.25, 0.3) is 10.9 Å². The lowest BCUT2D eigenvalue weighted by molar-refractivity contribution is 0.0818. The highest BCUT2D eigenvalue weighted by Crippen LogP contribution is 2.21. The highest BCUT2D eigenvalue weighted by Gasteiger charge is 2.24. The molecule has 0 radical (unpaired) electrons. The average Bonchev–Trinajstić information content (AvgIpc) is 3.29. The van der Waals surface area contributed by atoms with E-state index in [0.29, 0.717) is 31.0 Å². The number of rotatable bonds is 7. The number of fused-ring (bicyclic) bond motifs is 1. The summed E-state index contributed by atoms with van der Waals surface area (Å²) in [5.41, 5.74) is 2.88. The average molecular weight is 436 g/mol. The summed E-state index contributed by atoms with van der Waals surface area (Å²) in [6.45, 7) is 5.80. The van der Waals surface area contributed by atoms with Gasteiger partial charge in [-0.05, 0) is 63.1 Å². The number of urea groups is 1. The molecule has 7 heteroatoms. The number of nitrogens with zero attached hydrogens (tertiary/aromatic N) is 1. The number of carbonyl (C=O) groups is 1. The third-order valence-electron chi connectivity index (χ3n) is 5.60. The van der Waals surface area contributed by atoms with Crippen LogP contribution in [0.3, 0.4) is 0 Å². The van der Waals surface area contributed by atoms with Gasteiger partial charge in [0.15, 0.2) is 0 Å². The number of amides is 2. The molecular weight excluding hydrogens is 406 g/mol. The lowest BCUT2D eigenvalue weighted by Crippen LogP contribution is -2.40. The molecule has 2 N–H and O–H groups in total. The van der Waals surface area contributed by atoms with E-state index in [2.05, 4.69) is 10.3 Å². The molecule has 2 heterocycles. The predicted molar refractivity (Wildman–Crippen MR) is 125 cm³/mol. The number of nitrogens with one attached hydrogen (secondary N) is 2. The highest BCUT2D eigenvalue weighted by atomic mass is 16.5. The fourth-order valence-electron chi connectivity index (χ4n) is 3.90. The molecule has 1 atom stereocenters. The maximum atomic E-state index is 13.1. The van der Waals surface area contributed by atoms with Crippen LogP contribution in [0.15, 0.2) is 53.3 Å². The number of aromatic amines is 1. The van der Waals surface area contributed by atoms with Crippen LogP contribution in [0.2, 0.25) is 0 Å². The van der Waals surface area contributed by atoms with Crippen molar-refractivity contribution in [2.45, 2.75) is 39.3 Å². The van der Waals surface area contributed by atoms with Crippen LogP contribution in [0.5, 0.6) is 5.75 Å². The Bertz CT molecular complexity index is 1130. The third-order valence-corrected chi connectivity index (χ3v) is 5.60. The first-order valence-corrected chi connectivity index (χ1v) is 11.0. The van der Waals surface area contributed by atoms with Gasteiger partial charge in [-0.2, -0.15) is 0 Å². The standard InChI is InChI=1S/C25H29N3O4/c1-3-31-21-10-11-23-18(14-21)13-19(24(29)27-23)15-28(16-22-5-4-12-32-22)25(30)26-20-8-6-17(2)7-9-20/h6-11,13-14,22H,3-5,12,15-16H2,1-2H3,(H,26,30)(H,27,29)/t22-/m1/s1. The Labute approximate surface area is 187 Å². The quantitative estimate of drug-likeness (QED) is 0.574. The zero-order chi connectivity index (χ0) is 22.5. The largest absolute Gasteiger partial charge is 0.494 e. The number of hydrogen-bond donors (Lipinski definition) is 2. The molecule has 1 saturated heterocycles. The predicted octanol–water partition coefficient (Wildman–Crippen LogP) is 4.45. The van der Waals surface area contributed by atoms with Crippen molar-refractivity contribution in [1.82, 2.24) is 9.88 Å². The molecule has 3 aromatic rings. The van der Waals surface area contributed by atoms with Crippen LogP contribution in [0, 0.1) is 6.92 Å². The topological polar surface area (TPSA) is 83.7 Å². The maximum Gasteiger partial charge on any atom is 0.322 e. The zero-order valence-electron chi connectivity index (χ0n) is 18.5. The van der Waals surface area contributed by atoms with E-state index in [9.17, 15) is 9.59 Å². The van der Waals surface area contributed by atoms with E-state index in [4.69, 9.17) is 9.47 Å². The Morgan fingerprint density at radius 3 is 2.75 bits per heavy atom. The molecule has 168 valence electrons. The number of benzene rings is 2. The van der Waals surface area contributed by atoms with Gasteiger partial charge in [-0.1, -0.05) is 17.7 Å². The molecule has 0 aliphatic carbocycles. The van der Waals surface area contributed by atoms with Crippen molar-refractivity contribution in [3.8, 4) is 5.75 Å². The summed E-state index contributed by atoms with van der Waals surface area (Å²) in [5, 5.41) is 3.81. The van der Waals surface area contributed by atoms with Gasteiger partial charge in [-0.15, -0.1) is 0 Å². The molecule has 0 bridgehead atoms. The van der Waals surface area contributed by atoms with Gasteiger partial charge in [0.1, 0.15) is 5.75 Å². The van der Waals surface area contributed by atoms with Crippen molar-refractivity contribution in [2.24, 2.45) is 0 Å². The second-order valence-corrected chi connectivity index (χ2v) is 8.12. The first kappa shape index (κ1) is 21.9. The molecule has 32 heavy (non-hydrogen) atoms. The van der Waals surface area contributed by atoms with Gasteiger partial charge in [-0.3, -0.25) is 4.79 Å². The van der Waals surface area contributed by atoms with E-state index in [0.717, 1.165) is 35.1 Å². The second kappa shape index (κ2) is 9.87. The van der Waals surface area contributed by atoms with Crippen LogP contribution in [0.1, 0.15) is 30.9 Å². The number of ether oxygens (including phenoxy) is 2. The normalized spacial score (nSPS) is 15.6. The fourth-order valence-corrected chi connectivity index (χ4v) is 3.90. The molecule has 0 saturated carbocycles. The highest BCUT2D eigenvalue weighted by molar-refractivity contribution is 5.89. The molecule has 2 amide bonds. The summed E-state index contributed by atoms with van der Waals surface area (Å²) in [4.78, 5) is 30.5. The molecular formula is C25H29N3O4. The minimum absolute atomic E-state index is 0.0251. The summed E-state index contributed by atoms with van der Waals surface area (Å²) in [6, 6.07) is 14.8. The molecule has 1 aliphatic heterocycles.